The molecule has 1 N–H and O–H groups in total. The normalized spacial score (nSPS) is 19.1. The summed E-state index contributed by atoms with van der Waals surface area (Å²) in [7, 11) is 0. The van der Waals surface area contributed by atoms with Crippen molar-refractivity contribution in [1.82, 2.24) is 10.2 Å². The van der Waals surface area contributed by atoms with Crippen molar-refractivity contribution in [3.8, 4) is 0 Å². The van der Waals surface area contributed by atoms with Crippen LogP contribution in [-0.4, -0.2) is 36.5 Å². The Kier molecular flexibility index (Phi) is 6.83. The van der Waals surface area contributed by atoms with Crippen molar-refractivity contribution in [3.63, 3.8) is 0 Å². The number of amides is 1. The quantitative estimate of drug-likeness (QED) is 0.768. The number of hydrogen-bond acceptors (Lipinski definition) is 2. The van der Waals surface area contributed by atoms with Crippen LogP contribution in [0.5, 0.6) is 0 Å². The molecule has 2 rings (SSSR count). The average Bonchev–Trinajstić information content (AvgIpc) is 2.48. The molecule has 1 aromatic rings. The minimum Gasteiger partial charge on any atom is -0.352 e. The monoisotopic (exact) mass is 370 g/mol. The summed E-state index contributed by atoms with van der Waals surface area (Å²) in [6.45, 7) is 5.27. The molecule has 5 heteroatoms. The Morgan fingerprint density at radius 3 is 2.95 bits per heavy atom. The van der Waals surface area contributed by atoms with Crippen LogP contribution in [0.4, 0.5) is 4.39 Å². The summed E-state index contributed by atoms with van der Waals surface area (Å²) < 4.78 is 13.5. The van der Waals surface area contributed by atoms with Gasteiger partial charge in [-0.3, -0.25) is 4.79 Å². The summed E-state index contributed by atoms with van der Waals surface area (Å²) in [6, 6.07) is 4.81. The summed E-state index contributed by atoms with van der Waals surface area (Å²) in [5.41, 5.74) is 0.478. The van der Waals surface area contributed by atoms with Gasteiger partial charge in [-0.2, -0.15) is 0 Å². The van der Waals surface area contributed by atoms with E-state index in [0.717, 1.165) is 19.4 Å². The van der Waals surface area contributed by atoms with Crippen molar-refractivity contribution in [3.05, 3.63) is 34.1 Å². The summed E-state index contributed by atoms with van der Waals surface area (Å²) in [5.74, 6) is -0.503. The molecule has 0 aliphatic carbocycles. The maximum Gasteiger partial charge on any atom is 0.252 e. The van der Waals surface area contributed by atoms with Crippen LogP contribution in [0, 0.1) is 5.82 Å². The fraction of sp³-hybridized carbons (Fsp3) is 0.588. The predicted octanol–water partition coefficient (Wildman–Crippen LogP) is 3.97. The summed E-state index contributed by atoms with van der Waals surface area (Å²) in [4.78, 5) is 14.6. The van der Waals surface area contributed by atoms with Crippen LogP contribution < -0.4 is 5.32 Å². The summed E-state index contributed by atoms with van der Waals surface area (Å²) in [5, 5.41) is 2.90. The van der Waals surface area contributed by atoms with Gasteiger partial charge in [0.2, 0.25) is 0 Å². The first kappa shape index (κ1) is 17.4. The highest BCUT2D eigenvalue weighted by atomic mass is 79.9. The number of rotatable bonds is 6. The molecule has 0 bridgehead atoms. The van der Waals surface area contributed by atoms with Gasteiger partial charge in [0.25, 0.3) is 5.91 Å². The molecule has 1 fully saturated rings. The fourth-order valence-electron chi connectivity index (χ4n) is 2.90. The number of carbonyl (C=O) groups excluding carboxylic acids is 1. The van der Waals surface area contributed by atoms with E-state index in [1.807, 2.05) is 0 Å². The molecule has 1 aliphatic rings. The van der Waals surface area contributed by atoms with Crippen molar-refractivity contribution in [2.24, 2.45) is 0 Å². The Balaban J connectivity index is 1.67. The van der Waals surface area contributed by atoms with Gasteiger partial charge in [-0.1, -0.05) is 6.42 Å². The molecular formula is C17H24BrFN2O. The fourth-order valence-corrected chi connectivity index (χ4v) is 3.43. The molecule has 1 unspecified atom stereocenters. The van der Waals surface area contributed by atoms with Crippen molar-refractivity contribution in [1.29, 1.82) is 0 Å². The SMILES string of the molecule is CC1CCCCN1CCCCNC(=O)c1ccc(F)cc1Br. The molecule has 22 heavy (non-hydrogen) atoms. The minimum absolute atomic E-state index is 0.154. The van der Waals surface area contributed by atoms with E-state index in [9.17, 15) is 9.18 Å². The van der Waals surface area contributed by atoms with Crippen LogP contribution >= 0.6 is 15.9 Å². The first-order chi connectivity index (χ1) is 10.6. The average molecular weight is 371 g/mol. The Morgan fingerprint density at radius 1 is 1.41 bits per heavy atom. The van der Waals surface area contributed by atoms with Crippen LogP contribution in [0.3, 0.4) is 0 Å². The number of nitrogens with zero attached hydrogens (tertiary/aromatic N) is 1. The van der Waals surface area contributed by atoms with E-state index >= 15 is 0 Å². The molecule has 0 aromatic heterocycles. The third-order valence-corrected chi connectivity index (χ3v) is 4.93. The Labute approximate surface area is 140 Å². The van der Waals surface area contributed by atoms with E-state index in [2.05, 4.69) is 33.1 Å². The number of piperidine rings is 1. The van der Waals surface area contributed by atoms with Crippen LogP contribution in [0.15, 0.2) is 22.7 Å². The van der Waals surface area contributed by atoms with E-state index in [4.69, 9.17) is 0 Å². The third kappa shape index (κ3) is 5.06. The van der Waals surface area contributed by atoms with Crippen molar-refractivity contribution < 1.29 is 9.18 Å². The van der Waals surface area contributed by atoms with Crippen LogP contribution in [0.25, 0.3) is 0 Å². The molecule has 0 radical (unpaired) electrons. The topological polar surface area (TPSA) is 32.3 Å². The molecule has 1 atom stereocenters. The second-order valence-electron chi connectivity index (χ2n) is 5.97. The first-order valence-electron chi connectivity index (χ1n) is 8.05. The number of benzene rings is 1. The van der Waals surface area contributed by atoms with E-state index in [-0.39, 0.29) is 11.7 Å². The van der Waals surface area contributed by atoms with Crippen molar-refractivity contribution in [2.75, 3.05) is 19.6 Å². The van der Waals surface area contributed by atoms with Crippen LogP contribution in [0.1, 0.15) is 49.4 Å². The van der Waals surface area contributed by atoms with Crippen molar-refractivity contribution >= 4 is 21.8 Å². The highest BCUT2D eigenvalue weighted by Gasteiger charge is 2.17. The molecule has 1 aliphatic heterocycles. The largest absolute Gasteiger partial charge is 0.352 e. The van der Waals surface area contributed by atoms with Gasteiger partial charge >= 0.3 is 0 Å². The van der Waals surface area contributed by atoms with Crippen LogP contribution in [-0.2, 0) is 0 Å². The van der Waals surface area contributed by atoms with Gasteiger partial charge in [0.15, 0.2) is 0 Å². The number of hydrogen-bond donors (Lipinski definition) is 1. The third-order valence-electron chi connectivity index (χ3n) is 4.27. The number of carbonyl (C=O) groups is 1. The minimum atomic E-state index is -0.348. The maximum atomic E-state index is 13.0. The molecule has 3 nitrogen and oxygen atoms in total. The number of unbranched alkanes of at least 4 members (excludes halogenated alkanes) is 1. The Morgan fingerprint density at radius 2 is 2.23 bits per heavy atom. The Hall–Kier alpha value is -0.940. The van der Waals surface area contributed by atoms with E-state index in [1.54, 1.807) is 0 Å². The lowest BCUT2D eigenvalue weighted by molar-refractivity contribution is 0.0950. The van der Waals surface area contributed by atoms with Gasteiger partial charge < -0.3 is 10.2 Å². The molecule has 0 saturated carbocycles. The second-order valence-corrected chi connectivity index (χ2v) is 6.82. The number of halogens is 2. The zero-order valence-corrected chi connectivity index (χ0v) is 14.7. The van der Waals surface area contributed by atoms with E-state index in [0.29, 0.717) is 22.6 Å². The highest BCUT2D eigenvalue weighted by Crippen LogP contribution is 2.18. The van der Waals surface area contributed by atoms with Gasteiger partial charge in [0.1, 0.15) is 5.82 Å². The maximum absolute atomic E-state index is 13.0. The molecular weight excluding hydrogens is 347 g/mol. The summed E-state index contributed by atoms with van der Waals surface area (Å²) >= 11 is 3.22. The van der Waals surface area contributed by atoms with Crippen molar-refractivity contribution in [2.45, 2.75) is 45.1 Å². The predicted molar refractivity (Wildman–Crippen MR) is 90.6 cm³/mol. The molecule has 122 valence electrons. The van der Waals surface area contributed by atoms with Crippen LogP contribution in [0.2, 0.25) is 0 Å². The zero-order valence-electron chi connectivity index (χ0n) is 13.1. The first-order valence-corrected chi connectivity index (χ1v) is 8.84. The molecule has 1 amide bonds. The van der Waals surface area contributed by atoms with Gasteiger partial charge in [-0.25, -0.2) is 4.39 Å². The number of likely N-dealkylation sites (tertiary alicyclic amines) is 1. The standard InChI is InChI=1S/C17H24BrFN2O/c1-13-6-2-4-10-21(13)11-5-3-9-20-17(22)15-8-7-14(19)12-16(15)18/h7-8,12-13H,2-6,9-11H2,1H3,(H,20,22). The summed E-state index contributed by atoms with van der Waals surface area (Å²) in [6.07, 6.45) is 6.01. The molecule has 1 heterocycles. The van der Waals surface area contributed by atoms with Gasteiger partial charge in [-0.15, -0.1) is 0 Å². The van der Waals surface area contributed by atoms with Gasteiger partial charge in [0.05, 0.1) is 5.56 Å². The lowest BCUT2D eigenvalue weighted by Gasteiger charge is -2.33. The van der Waals surface area contributed by atoms with E-state index < -0.39 is 0 Å². The lowest BCUT2D eigenvalue weighted by Crippen LogP contribution is -2.38. The zero-order chi connectivity index (χ0) is 15.9. The highest BCUT2D eigenvalue weighted by molar-refractivity contribution is 9.10. The lowest BCUT2D eigenvalue weighted by atomic mass is 10.0. The van der Waals surface area contributed by atoms with Gasteiger partial charge in [0, 0.05) is 17.1 Å². The molecule has 1 saturated heterocycles. The van der Waals surface area contributed by atoms with Gasteiger partial charge in [-0.05, 0) is 79.8 Å². The Bertz CT molecular complexity index is 509. The smallest absolute Gasteiger partial charge is 0.252 e. The molecule has 1 aromatic carbocycles. The number of nitrogens with one attached hydrogen (secondary N) is 1. The van der Waals surface area contributed by atoms with E-state index in [1.165, 1.54) is 44.0 Å². The molecule has 0 spiro atoms. The second kappa shape index (κ2) is 8.63.